The Kier molecular flexibility index (Phi) is 10.5. The predicted octanol–water partition coefficient (Wildman–Crippen LogP) is 7.40. The molecular weight excluding hydrogens is 619 g/mol. The normalized spacial score (nSPS) is 20.0. The molecule has 0 spiro atoms. The highest BCUT2D eigenvalue weighted by molar-refractivity contribution is 5.94. The Hall–Kier alpha value is -4.56. The highest BCUT2D eigenvalue weighted by Gasteiger charge is 2.40. The van der Waals surface area contributed by atoms with Crippen LogP contribution in [0, 0.1) is 11.8 Å². The fourth-order valence-electron chi connectivity index (χ4n) is 8.47. The van der Waals surface area contributed by atoms with E-state index in [0.717, 1.165) is 40.9 Å². The number of fused-ring (bicyclic) bond motifs is 1. The van der Waals surface area contributed by atoms with E-state index in [1.807, 2.05) is 48.8 Å². The average Bonchev–Trinajstić information content (AvgIpc) is 3.66. The van der Waals surface area contributed by atoms with Gasteiger partial charge in [-0.3, -0.25) is 10.1 Å². The summed E-state index contributed by atoms with van der Waals surface area (Å²) in [5.41, 5.74) is 4.57. The summed E-state index contributed by atoms with van der Waals surface area (Å²) in [6.07, 6.45) is 10.7. The first-order valence-electron chi connectivity index (χ1n) is 18.1. The Morgan fingerprint density at radius 2 is 1.38 bits per heavy atom. The fraction of sp³-hybridized carbons (Fsp3) is 0.349. The molecule has 1 aliphatic heterocycles. The van der Waals surface area contributed by atoms with Crippen molar-refractivity contribution in [3.05, 3.63) is 162 Å². The molecule has 1 amide bonds. The lowest BCUT2D eigenvalue weighted by Gasteiger charge is -2.47. The van der Waals surface area contributed by atoms with Crippen LogP contribution in [0.4, 0.5) is 0 Å². The van der Waals surface area contributed by atoms with Crippen LogP contribution in [-0.4, -0.2) is 64.9 Å². The average molecular weight is 668 g/mol. The number of likely N-dealkylation sites (N-methyl/N-ethyl adjacent to an activating group) is 1. The monoisotopic (exact) mass is 667 g/mol. The van der Waals surface area contributed by atoms with Gasteiger partial charge in [0.05, 0.1) is 25.3 Å². The summed E-state index contributed by atoms with van der Waals surface area (Å²) in [5, 5.41) is 5.69. The lowest BCUT2D eigenvalue weighted by Crippen LogP contribution is -2.56. The minimum atomic E-state index is -0.623. The number of hydroxylamine groups is 2. The molecular formula is C43H49N5O2. The number of carbonyl (C=O) groups is 1. The Morgan fingerprint density at radius 3 is 1.94 bits per heavy atom. The number of rotatable bonds is 12. The highest BCUT2D eigenvalue weighted by atomic mass is 16.7. The van der Waals surface area contributed by atoms with E-state index in [9.17, 15) is 4.79 Å². The molecule has 4 aromatic carbocycles. The number of carbonyl (C=O) groups excluding carboxylic acids is 1. The van der Waals surface area contributed by atoms with Crippen LogP contribution in [0.3, 0.4) is 0 Å². The van der Waals surface area contributed by atoms with Gasteiger partial charge in [-0.1, -0.05) is 128 Å². The zero-order valence-corrected chi connectivity index (χ0v) is 29.3. The molecule has 2 aliphatic rings. The molecule has 1 N–H and O–H groups in total. The van der Waals surface area contributed by atoms with Crippen LogP contribution < -0.4 is 5.32 Å². The summed E-state index contributed by atoms with van der Waals surface area (Å²) in [6.45, 7) is 1.52. The molecule has 50 heavy (non-hydrogen) atoms. The molecule has 2 fully saturated rings. The van der Waals surface area contributed by atoms with Crippen molar-refractivity contribution < 1.29 is 9.63 Å². The quantitative estimate of drug-likeness (QED) is 0.0854. The van der Waals surface area contributed by atoms with E-state index in [4.69, 9.17) is 9.82 Å². The zero-order chi connectivity index (χ0) is 34.3. The SMILES string of the molecule is CON(C)C(Cc1cn(C(c2ccccc2)(c2ccccc2)c2ccccc2)cn1)NC[C@@H]1C[C@H]2CCCC[C@@H]2CN1C(=O)c1ccccc1. The smallest absolute Gasteiger partial charge is 0.254 e. The van der Waals surface area contributed by atoms with Crippen molar-refractivity contribution >= 4 is 5.91 Å². The van der Waals surface area contributed by atoms with Gasteiger partial charge in [-0.15, -0.1) is 0 Å². The maximum atomic E-state index is 13.9. The standard InChI is InChI=1S/C43H49N5O2/c1-46(50-2)41(44-29-40-27-34-19-15-16-20-35(34)30-48(40)42(49)33-17-7-3-8-18-33)28-39-31-47(32-45-39)43(36-21-9-4-10-22-36,37-23-11-5-12-24-37)38-25-13-6-14-26-38/h3-14,17-18,21-26,31-32,34-35,40-41,44H,15-16,19-20,27-30H2,1-2H3/t34-,35-,40+,41?/m1/s1. The van der Waals surface area contributed by atoms with Gasteiger partial charge < -0.3 is 14.3 Å². The van der Waals surface area contributed by atoms with E-state index in [1.165, 1.54) is 25.7 Å². The maximum absolute atomic E-state index is 13.9. The second-order valence-corrected chi connectivity index (χ2v) is 14.0. The summed E-state index contributed by atoms with van der Waals surface area (Å²) in [5.74, 6) is 1.40. The van der Waals surface area contributed by atoms with Gasteiger partial charge in [0.2, 0.25) is 0 Å². The lowest BCUT2D eigenvalue weighted by molar-refractivity contribution is -0.149. The first-order valence-corrected chi connectivity index (χ1v) is 18.1. The summed E-state index contributed by atoms with van der Waals surface area (Å²) in [4.78, 5) is 26.9. The van der Waals surface area contributed by atoms with Crippen LogP contribution in [0.1, 0.15) is 64.8 Å². The lowest BCUT2D eigenvalue weighted by atomic mass is 9.72. The van der Waals surface area contributed by atoms with Gasteiger partial charge in [0.25, 0.3) is 5.91 Å². The predicted molar refractivity (Wildman–Crippen MR) is 198 cm³/mol. The van der Waals surface area contributed by atoms with Gasteiger partial charge in [0.1, 0.15) is 5.54 Å². The first-order chi connectivity index (χ1) is 24.6. The molecule has 1 saturated heterocycles. The summed E-state index contributed by atoms with van der Waals surface area (Å²) >= 11 is 0. The molecule has 5 aromatic rings. The summed E-state index contributed by atoms with van der Waals surface area (Å²) in [6, 6.07) is 41.9. The maximum Gasteiger partial charge on any atom is 0.254 e. The topological polar surface area (TPSA) is 62.6 Å². The number of hydrogen-bond acceptors (Lipinski definition) is 5. The van der Waals surface area contributed by atoms with Gasteiger partial charge in [0, 0.05) is 44.4 Å². The minimum absolute atomic E-state index is 0.106. The molecule has 1 aliphatic carbocycles. The van der Waals surface area contributed by atoms with E-state index in [0.29, 0.717) is 24.8 Å². The Bertz CT molecular complexity index is 1700. The van der Waals surface area contributed by atoms with Crippen LogP contribution in [0.5, 0.6) is 0 Å². The van der Waals surface area contributed by atoms with Crippen molar-refractivity contribution in [2.75, 3.05) is 27.2 Å². The van der Waals surface area contributed by atoms with Crippen molar-refractivity contribution in [3.8, 4) is 0 Å². The number of amides is 1. The van der Waals surface area contributed by atoms with E-state index >= 15 is 0 Å². The van der Waals surface area contributed by atoms with Crippen LogP contribution in [-0.2, 0) is 16.8 Å². The number of nitrogens with zero attached hydrogens (tertiary/aromatic N) is 4. The minimum Gasteiger partial charge on any atom is -0.334 e. The number of nitrogens with one attached hydrogen (secondary N) is 1. The number of piperidine rings is 1. The molecule has 258 valence electrons. The van der Waals surface area contributed by atoms with Gasteiger partial charge in [-0.05, 0) is 53.5 Å². The third-order valence-electron chi connectivity index (χ3n) is 11.1. The van der Waals surface area contributed by atoms with Gasteiger partial charge in [-0.2, -0.15) is 5.06 Å². The van der Waals surface area contributed by atoms with Crippen molar-refractivity contribution in [2.45, 2.75) is 56.3 Å². The second-order valence-electron chi connectivity index (χ2n) is 14.0. The van der Waals surface area contributed by atoms with Crippen molar-refractivity contribution in [1.29, 1.82) is 0 Å². The van der Waals surface area contributed by atoms with Gasteiger partial charge in [0.15, 0.2) is 0 Å². The van der Waals surface area contributed by atoms with Gasteiger partial charge >= 0.3 is 0 Å². The largest absolute Gasteiger partial charge is 0.334 e. The molecule has 1 aromatic heterocycles. The van der Waals surface area contributed by atoms with Crippen LogP contribution in [0.2, 0.25) is 0 Å². The molecule has 7 heteroatoms. The molecule has 4 atom stereocenters. The summed E-state index contributed by atoms with van der Waals surface area (Å²) < 4.78 is 2.26. The summed E-state index contributed by atoms with van der Waals surface area (Å²) in [7, 11) is 3.67. The third kappa shape index (κ3) is 6.91. The molecule has 1 saturated carbocycles. The zero-order valence-electron chi connectivity index (χ0n) is 29.3. The number of imidazole rings is 1. The molecule has 1 unspecified atom stereocenters. The third-order valence-corrected chi connectivity index (χ3v) is 11.1. The fourth-order valence-corrected chi connectivity index (χ4v) is 8.47. The molecule has 0 radical (unpaired) electrons. The van der Waals surface area contributed by atoms with E-state index in [1.54, 1.807) is 7.11 Å². The molecule has 0 bridgehead atoms. The molecule has 7 nitrogen and oxygen atoms in total. The Labute approximate surface area is 296 Å². The molecule has 7 rings (SSSR count). The number of likely N-dealkylation sites (tertiary alicyclic amines) is 1. The van der Waals surface area contributed by atoms with Crippen molar-refractivity contribution in [2.24, 2.45) is 11.8 Å². The van der Waals surface area contributed by atoms with E-state index < -0.39 is 5.54 Å². The highest BCUT2D eigenvalue weighted by Crippen LogP contribution is 2.41. The Balaban J connectivity index is 1.18. The van der Waals surface area contributed by atoms with Crippen LogP contribution in [0.25, 0.3) is 0 Å². The van der Waals surface area contributed by atoms with Gasteiger partial charge in [-0.25, -0.2) is 4.98 Å². The van der Waals surface area contributed by atoms with E-state index in [-0.39, 0.29) is 18.1 Å². The Morgan fingerprint density at radius 1 is 0.840 bits per heavy atom. The van der Waals surface area contributed by atoms with Crippen molar-refractivity contribution in [3.63, 3.8) is 0 Å². The number of aromatic nitrogens is 2. The number of hydrogen-bond donors (Lipinski definition) is 1. The van der Waals surface area contributed by atoms with Crippen LogP contribution >= 0.6 is 0 Å². The van der Waals surface area contributed by atoms with Crippen molar-refractivity contribution in [1.82, 2.24) is 24.8 Å². The van der Waals surface area contributed by atoms with E-state index in [2.05, 4.69) is 112 Å². The van der Waals surface area contributed by atoms with Crippen LogP contribution in [0.15, 0.2) is 134 Å². The number of benzene rings is 4. The molecule has 2 heterocycles. The first kappa shape index (κ1) is 33.9. The second kappa shape index (κ2) is 15.5.